The normalized spacial score (nSPS) is 11.3. The highest BCUT2D eigenvalue weighted by molar-refractivity contribution is 6.38. The molecule has 6 heteroatoms. The second-order valence-electron chi connectivity index (χ2n) is 5.12. The van der Waals surface area contributed by atoms with Crippen molar-refractivity contribution in [3.63, 3.8) is 0 Å². The highest BCUT2D eigenvalue weighted by Gasteiger charge is 2.03. The van der Waals surface area contributed by atoms with Gasteiger partial charge in [0.25, 0.3) is 0 Å². The van der Waals surface area contributed by atoms with Crippen molar-refractivity contribution >= 4 is 57.6 Å². The lowest BCUT2D eigenvalue weighted by Gasteiger charge is -2.08. The highest BCUT2D eigenvalue weighted by atomic mass is 35.5. The van der Waals surface area contributed by atoms with Crippen LogP contribution >= 0.6 is 34.8 Å². The van der Waals surface area contributed by atoms with E-state index in [0.717, 1.165) is 22.2 Å². The quantitative estimate of drug-likeness (QED) is 0.455. The Morgan fingerprint density at radius 1 is 1.04 bits per heavy atom. The van der Waals surface area contributed by atoms with Crippen molar-refractivity contribution in [1.29, 1.82) is 0 Å². The highest BCUT2D eigenvalue weighted by Crippen LogP contribution is 2.24. The van der Waals surface area contributed by atoms with E-state index in [0.29, 0.717) is 28.2 Å². The minimum Gasteiger partial charge on any atom is -0.383 e. The molecule has 3 nitrogen and oxygen atoms in total. The van der Waals surface area contributed by atoms with E-state index in [2.05, 4.69) is 15.3 Å². The van der Waals surface area contributed by atoms with Crippen LogP contribution in [0.15, 0.2) is 53.7 Å². The molecule has 0 amide bonds. The summed E-state index contributed by atoms with van der Waals surface area (Å²) < 4.78 is 0. The molecule has 1 N–H and O–H groups in total. The first kappa shape index (κ1) is 17.0. The van der Waals surface area contributed by atoms with Crippen LogP contribution in [0.25, 0.3) is 10.9 Å². The van der Waals surface area contributed by atoms with Gasteiger partial charge in [0.1, 0.15) is 0 Å². The average Bonchev–Trinajstić information content (AvgIpc) is 2.56. The molecule has 0 saturated carbocycles. The Morgan fingerprint density at radius 3 is 2.62 bits per heavy atom. The van der Waals surface area contributed by atoms with E-state index in [4.69, 9.17) is 34.8 Å². The van der Waals surface area contributed by atoms with Crippen LogP contribution in [0.5, 0.6) is 0 Å². The van der Waals surface area contributed by atoms with Crippen LogP contribution in [0.4, 0.5) is 5.69 Å². The van der Waals surface area contributed by atoms with Gasteiger partial charge in [0.05, 0.1) is 22.1 Å². The minimum atomic E-state index is 0.594. The monoisotopic (exact) mass is 377 g/mol. The molecule has 1 aromatic heterocycles. The SMILES string of the molecule is Clc1ccc2c(NCCN=Cc3c(Cl)cccc3Cl)ccnc2c1. The van der Waals surface area contributed by atoms with E-state index < -0.39 is 0 Å². The number of fused-ring (bicyclic) bond motifs is 1. The zero-order valence-corrected chi connectivity index (χ0v) is 14.9. The number of nitrogens with zero attached hydrogens (tertiary/aromatic N) is 2. The fourth-order valence-electron chi connectivity index (χ4n) is 2.32. The predicted molar refractivity (Wildman–Crippen MR) is 104 cm³/mol. The fraction of sp³-hybridized carbons (Fsp3) is 0.111. The summed E-state index contributed by atoms with van der Waals surface area (Å²) in [7, 11) is 0. The van der Waals surface area contributed by atoms with Gasteiger partial charge in [0.15, 0.2) is 0 Å². The molecule has 0 aliphatic heterocycles. The molecule has 0 spiro atoms. The number of aliphatic imine (C=N–C) groups is 1. The number of benzene rings is 2. The Morgan fingerprint density at radius 2 is 1.83 bits per heavy atom. The van der Waals surface area contributed by atoms with Gasteiger partial charge in [0, 0.05) is 40.6 Å². The molecule has 0 aliphatic rings. The summed E-state index contributed by atoms with van der Waals surface area (Å²) in [4.78, 5) is 8.70. The van der Waals surface area contributed by atoms with Crippen LogP contribution in [0.3, 0.4) is 0 Å². The van der Waals surface area contributed by atoms with Gasteiger partial charge in [-0.05, 0) is 36.4 Å². The molecule has 122 valence electrons. The maximum Gasteiger partial charge on any atom is 0.0737 e. The van der Waals surface area contributed by atoms with Crippen LogP contribution in [0.2, 0.25) is 15.1 Å². The molecule has 3 rings (SSSR count). The fourth-order valence-corrected chi connectivity index (χ4v) is 2.98. The third-order valence-electron chi connectivity index (χ3n) is 3.48. The zero-order chi connectivity index (χ0) is 16.9. The maximum absolute atomic E-state index is 6.11. The second kappa shape index (κ2) is 7.84. The lowest BCUT2D eigenvalue weighted by molar-refractivity contribution is 1.03. The predicted octanol–water partition coefficient (Wildman–Crippen LogP) is 5.73. The van der Waals surface area contributed by atoms with E-state index in [1.807, 2.05) is 30.3 Å². The largest absolute Gasteiger partial charge is 0.383 e. The Bertz CT molecular complexity index is 874. The minimum absolute atomic E-state index is 0.594. The summed E-state index contributed by atoms with van der Waals surface area (Å²) in [6, 6.07) is 13.0. The van der Waals surface area contributed by atoms with Crippen molar-refractivity contribution in [3.8, 4) is 0 Å². The second-order valence-corrected chi connectivity index (χ2v) is 6.37. The molecule has 0 aliphatic carbocycles. The van der Waals surface area contributed by atoms with Crippen molar-refractivity contribution < 1.29 is 0 Å². The Kier molecular flexibility index (Phi) is 5.56. The van der Waals surface area contributed by atoms with Gasteiger partial charge in [0.2, 0.25) is 0 Å². The van der Waals surface area contributed by atoms with Crippen molar-refractivity contribution in [2.75, 3.05) is 18.4 Å². The number of hydrogen-bond donors (Lipinski definition) is 1. The van der Waals surface area contributed by atoms with Gasteiger partial charge >= 0.3 is 0 Å². The Balaban J connectivity index is 1.64. The van der Waals surface area contributed by atoms with Crippen LogP contribution in [-0.4, -0.2) is 24.3 Å². The number of rotatable bonds is 5. The first-order chi connectivity index (χ1) is 11.6. The number of hydrogen-bond acceptors (Lipinski definition) is 3. The third kappa shape index (κ3) is 3.99. The van der Waals surface area contributed by atoms with Gasteiger partial charge in [-0.3, -0.25) is 9.98 Å². The number of nitrogens with one attached hydrogen (secondary N) is 1. The van der Waals surface area contributed by atoms with E-state index in [1.54, 1.807) is 24.5 Å². The summed E-state index contributed by atoms with van der Waals surface area (Å²) >= 11 is 18.2. The van der Waals surface area contributed by atoms with Gasteiger partial charge in [-0.25, -0.2) is 0 Å². The van der Waals surface area contributed by atoms with E-state index in [1.165, 1.54) is 0 Å². The first-order valence-electron chi connectivity index (χ1n) is 7.37. The van der Waals surface area contributed by atoms with E-state index in [-0.39, 0.29) is 0 Å². The van der Waals surface area contributed by atoms with Gasteiger partial charge in [-0.1, -0.05) is 40.9 Å². The molecule has 24 heavy (non-hydrogen) atoms. The third-order valence-corrected chi connectivity index (χ3v) is 4.38. The molecule has 3 aromatic rings. The summed E-state index contributed by atoms with van der Waals surface area (Å²) in [5, 5.41) is 6.25. The summed E-state index contributed by atoms with van der Waals surface area (Å²) in [6.45, 7) is 1.28. The van der Waals surface area contributed by atoms with Gasteiger partial charge in [-0.15, -0.1) is 0 Å². The standard InChI is InChI=1S/C18H14Cl3N3/c19-12-4-5-13-17(6-7-23-18(13)10-12)24-9-8-22-11-14-15(20)2-1-3-16(14)21/h1-7,10-11H,8-9H2,(H,23,24). The topological polar surface area (TPSA) is 37.3 Å². The molecule has 0 bridgehead atoms. The Labute approximate surface area is 155 Å². The molecule has 0 unspecified atom stereocenters. The molecular weight excluding hydrogens is 365 g/mol. The molecule has 0 radical (unpaired) electrons. The number of aromatic nitrogens is 1. The lowest BCUT2D eigenvalue weighted by atomic mass is 10.2. The maximum atomic E-state index is 6.11. The van der Waals surface area contributed by atoms with Crippen LogP contribution in [0.1, 0.15) is 5.56 Å². The van der Waals surface area contributed by atoms with E-state index in [9.17, 15) is 0 Å². The molecule has 2 aromatic carbocycles. The molecule has 0 fully saturated rings. The lowest BCUT2D eigenvalue weighted by Crippen LogP contribution is -2.05. The summed E-state index contributed by atoms with van der Waals surface area (Å²) in [5.74, 6) is 0. The molecular formula is C18H14Cl3N3. The van der Waals surface area contributed by atoms with Crippen molar-refractivity contribution in [1.82, 2.24) is 4.98 Å². The average molecular weight is 379 g/mol. The van der Waals surface area contributed by atoms with Crippen molar-refractivity contribution in [2.24, 2.45) is 4.99 Å². The number of halogens is 3. The summed E-state index contributed by atoms with van der Waals surface area (Å²) in [5.41, 5.74) is 2.60. The van der Waals surface area contributed by atoms with Crippen LogP contribution < -0.4 is 5.32 Å². The number of anilines is 1. The molecule has 1 heterocycles. The first-order valence-corrected chi connectivity index (χ1v) is 8.50. The van der Waals surface area contributed by atoms with E-state index >= 15 is 0 Å². The van der Waals surface area contributed by atoms with Gasteiger partial charge in [-0.2, -0.15) is 0 Å². The van der Waals surface area contributed by atoms with Crippen molar-refractivity contribution in [3.05, 3.63) is 69.3 Å². The smallest absolute Gasteiger partial charge is 0.0737 e. The van der Waals surface area contributed by atoms with Crippen LogP contribution in [0, 0.1) is 0 Å². The van der Waals surface area contributed by atoms with Crippen LogP contribution in [-0.2, 0) is 0 Å². The van der Waals surface area contributed by atoms with Crippen molar-refractivity contribution in [2.45, 2.75) is 0 Å². The number of pyridine rings is 1. The van der Waals surface area contributed by atoms with Gasteiger partial charge < -0.3 is 5.32 Å². The summed E-state index contributed by atoms with van der Waals surface area (Å²) in [6.07, 6.45) is 3.46. The Hall–Kier alpha value is -1.81. The zero-order valence-electron chi connectivity index (χ0n) is 12.6. The molecule has 0 atom stereocenters. The molecule has 0 saturated heterocycles.